The first kappa shape index (κ1) is 14.5. The summed E-state index contributed by atoms with van der Waals surface area (Å²) in [5.74, 6) is 1.94. The van der Waals surface area contributed by atoms with E-state index in [0.717, 1.165) is 36.5 Å². The first-order valence-corrected chi connectivity index (χ1v) is 7.43. The lowest BCUT2D eigenvalue weighted by atomic mass is 10.1. The number of ether oxygens (including phenoxy) is 3. The van der Waals surface area contributed by atoms with Crippen molar-refractivity contribution in [2.45, 2.75) is 38.2 Å². The van der Waals surface area contributed by atoms with Crippen LogP contribution in [-0.2, 0) is 10.6 Å². The molecule has 1 aromatic carbocycles. The summed E-state index contributed by atoms with van der Waals surface area (Å²) in [6.45, 7) is 3.97. The number of benzene rings is 1. The number of rotatable bonds is 6. The highest BCUT2D eigenvalue weighted by atomic mass is 35.5. The Labute approximate surface area is 119 Å². The van der Waals surface area contributed by atoms with Crippen molar-refractivity contribution in [1.29, 1.82) is 0 Å². The van der Waals surface area contributed by atoms with Crippen LogP contribution in [0.15, 0.2) is 18.2 Å². The lowest BCUT2D eigenvalue weighted by Gasteiger charge is -2.24. The van der Waals surface area contributed by atoms with Gasteiger partial charge in [0.1, 0.15) is 6.61 Å². The van der Waals surface area contributed by atoms with E-state index in [0.29, 0.717) is 19.1 Å². The summed E-state index contributed by atoms with van der Waals surface area (Å²) in [6, 6.07) is 5.82. The van der Waals surface area contributed by atoms with Crippen molar-refractivity contribution >= 4 is 11.6 Å². The highest BCUT2D eigenvalue weighted by Gasteiger charge is 2.17. The van der Waals surface area contributed by atoms with Crippen LogP contribution in [0, 0.1) is 0 Å². The Kier molecular flexibility index (Phi) is 5.80. The van der Waals surface area contributed by atoms with Gasteiger partial charge in [-0.1, -0.05) is 12.1 Å². The van der Waals surface area contributed by atoms with Gasteiger partial charge in [0.25, 0.3) is 0 Å². The van der Waals surface area contributed by atoms with Gasteiger partial charge in [0.15, 0.2) is 11.5 Å². The number of hydrogen-bond donors (Lipinski definition) is 0. The lowest BCUT2D eigenvalue weighted by Crippen LogP contribution is -2.26. The summed E-state index contributed by atoms with van der Waals surface area (Å²) < 4.78 is 17.2. The van der Waals surface area contributed by atoms with Crippen LogP contribution in [0.3, 0.4) is 0 Å². The first-order valence-electron chi connectivity index (χ1n) is 6.90. The fraction of sp³-hybridized carbons (Fsp3) is 0.600. The summed E-state index contributed by atoms with van der Waals surface area (Å²) in [5.41, 5.74) is 0.962. The van der Waals surface area contributed by atoms with Gasteiger partial charge in [-0.25, -0.2) is 0 Å². The normalized spacial score (nSPS) is 19.2. The van der Waals surface area contributed by atoms with Gasteiger partial charge in [0.05, 0.1) is 18.6 Å². The molecule has 0 bridgehead atoms. The molecular formula is C15H21ClO3. The second-order valence-corrected chi connectivity index (χ2v) is 4.88. The van der Waals surface area contributed by atoms with Gasteiger partial charge in [-0.3, -0.25) is 0 Å². The molecule has 0 N–H and O–H groups in total. The van der Waals surface area contributed by atoms with Crippen molar-refractivity contribution in [3.8, 4) is 11.5 Å². The molecule has 1 saturated heterocycles. The van der Waals surface area contributed by atoms with E-state index in [1.807, 2.05) is 25.1 Å². The largest absolute Gasteiger partial charge is 0.490 e. The molecule has 0 amide bonds. The Morgan fingerprint density at radius 1 is 1.32 bits per heavy atom. The molecule has 4 heteroatoms. The van der Waals surface area contributed by atoms with Gasteiger partial charge >= 0.3 is 0 Å². The highest BCUT2D eigenvalue weighted by Crippen LogP contribution is 2.33. The Balaban J connectivity index is 2.03. The quantitative estimate of drug-likeness (QED) is 0.744. The van der Waals surface area contributed by atoms with Gasteiger partial charge in [-0.2, -0.15) is 0 Å². The molecule has 1 aliphatic heterocycles. The molecule has 0 aromatic heterocycles. The van der Waals surface area contributed by atoms with E-state index in [9.17, 15) is 0 Å². The lowest BCUT2D eigenvalue weighted by molar-refractivity contribution is -0.0117. The minimum Gasteiger partial charge on any atom is -0.490 e. The molecule has 106 valence electrons. The molecule has 0 spiro atoms. The van der Waals surface area contributed by atoms with Gasteiger partial charge in [0, 0.05) is 12.2 Å². The minimum atomic E-state index is 0.187. The third kappa shape index (κ3) is 4.02. The van der Waals surface area contributed by atoms with Crippen LogP contribution in [0.2, 0.25) is 0 Å². The van der Waals surface area contributed by atoms with Crippen LogP contribution in [0.4, 0.5) is 0 Å². The average molecular weight is 285 g/mol. The number of halogens is 1. The maximum Gasteiger partial charge on any atom is 0.165 e. The third-order valence-electron chi connectivity index (χ3n) is 3.19. The van der Waals surface area contributed by atoms with Crippen LogP contribution in [0.5, 0.6) is 11.5 Å². The summed E-state index contributed by atoms with van der Waals surface area (Å²) >= 11 is 5.96. The second kappa shape index (κ2) is 7.61. The SMILES string of the molecule is CCOc1cccc(CCl)c1OCC1CCCCO1. The van der Waals surface area contributed by atoms with Crippen molar-refractivity contribution in [3.63, 3.8) is 0 Å². The molecule has 3 nitrogen and oxygen atoms in total. The molecule has 1 aliphatic rings. The van der Waals surface area contributed by atoms with Gasteiger partial charge in [-0.15, -0.1) is 11.6 Å². The first-order chi connectivity index (χ1) is 9.35. The number of hydrogen-bond acceptors (Lipinski definition) is 3. The molecule has 0 radical (unpaired) electrons. The standard InChI is InChI=1S/C15H21ClO3/c1-2-17-14-8-5-6-12(10-16)15(14)19-11-13-7-3-4-9-18-13/h5-6,8,13H,2-4,7,9-11H2,1H3. The number of para-hydroxylation sites is 1. The Morgan fingerprint density at radius 3 is 2.89 bits per heavy atom. The fourth-order valence-corrected chi connectivity index (χ4v) is 2.43. The van der Waals surface area contributed by atoms with Crippen LogP contribution in [-0.4, -0.2) is 25.9 Å². The Morgan fingerprint density at radius 2 is 2.21 bits per heavy atom. The molecule has 1 unspecified atom stereocenters. The average Bonchev–Trinajstić information content (AvgIpc) is 2.47. The van der Waals surface area contributed by atoms with Crippen LogP contribution in [0.25, 0.3) is 0 Å². The second-order valence-electron chi connectivity index (χ2n) is 4.61. The molecule has 1 heterocycles. The Bertz CT molecular complexity index is 389. The number of alkyl halides is 1. The van der Waals surface area contributed by atoms with Crippen molar-refractivity contribution in [2.75, 3.05) is 19.8 Å². The molecule has 1 aromatic rings. The molecule has 19 heavy (non-hydrogen) atoms. The molecule has 0 aliphatic carbocycles. The van der Waals surface area contributed by atoms with Gasteiger partial charge in [-0.05, 0) is 32.3 Å². The van der Waals surface area contributed by atoms with E-state index in [-0.39, 0.29) is 6.10 Å². The van der Waals surface area contributed by atoms with Crippen molar-refractivity contribution in [1.82, 2.24) is 0 Å². The van der Waals surface area contributed by atoms with E-state index in [4.69, 9.17) is 25.8 Å². The molecular weight excluding hydrogens is 264 g/mol. The van der Waals surface area contributed by atoms with Crippen LogP contribution < -0.4 is 9.47 Å². The third-order valence-corrected chi connectivity index (χ3v) is 3.48. The monoisotopic (exact) mass is 284 g/mol. The minimum absolute atomic E-state index is 0.187. The highest BCUT2D eigenvalue weighted by molar-refractivity contribution is 6.17. The summed E-state index contributed by atoms with van der Waals surface area (Å²) in [7, 11) is 0. The van der Waals surface area contributed by atoms with E-state index < -0.39 is 0 Å². The predicted octanol–water partition coefficient (Wildman–Crippen LogP) is 3.77. The van der Waals surface area contributed by atoms with Gasteiger partial charge in [0.2, 0.25) is 0 Å². The van der Waals surface area contributed by atoms with Crippen molar-refractivity contribution in [3.05, 3.63) is 23.8 Å². The zero-order chi connectivity index (χ0) is 13.5. The van der Waals surface area contributed by atoms with Gasteiger partial charge < -0.3 is 14.2 Å². The fourth-order valence-electron chi connectivity index (χ4n) is 2.21. The van der Waals surface area contributed by atoms with E-state index in [1.54, 1.807) is 0 Å². The van der Waals surface area contributed by atoms with Crippen LogP contribution >= 0.6 is 11.6 Å². The maximum absolute atomic E-state index is 5.96. The van der Waals surface area contributed by atoms with E-state index in [1.165, 1.54) is 6.42 Å². The zero-order valence-corrected chi connectivity index (χ0v) is 12.1. The van der Waals surface area contributed by atoms with Crippen LogP contribution in [0.1, 0.15) is 31.7 Å². The Hall–Kier alpha value is -0.930. The predicted molar refractivity (Wildman–Crippen MR) is 76.3 cm³/mol. The van der Waals surface area contributed by atoms with E-state index in [2.05, 4.69) is 0 Å². The smallest absolute Gasteiger partial charge is 0.165 e. The van der Waals surface area contributed by atoms with E-state index >= 15 is 0 Å². The topological polar surface area (TPSA) is 27.7 Å². The van der Waals surface area contributed by atoms with Crippen molar-refractivity contribution < 1.29 is 14.2 Å². The summed E-state index contributed by atoms with van der Waals surface area (Å²) in [6.07, 6.45) is 3.61. The molecule has 2 rings (SSSR count). The zero-order valence-electron chi connectivity index (χ0n) is 11.4. The summed E-state index contributed by atoms with van der Waals surface area (Å²) in [4.78, 5) is 0. The molecule has 1 fully saturated rings. The summed E-state index contributed by atoms with van der Waals surface area (Å²) in [5, 5.41) is 0. The maximum atomic E-state index is 5.96. The molecule has 1 atom stereocenters. The van der Waals surface area contributed by atoms with Crippen molar-refractivity contribution in [2.24, 2.45) is 0 Å². The molecule has 0 saturated carbocycles.